The average molecular weight is 227 g/mol. The van der Waals surface area contributed by atoms with Crippen LogP contribution in [0, 0.1) is 11.3 Å². The van der Waals surface area contributed by atoms with Crippen LogP contribution in [0.1, 0.15) is 47.0 Å². The summed E-state index contributed by atoms with van der Waals surface area (Å²) in [7, 11) is 0. The molecule has 0 radical (unpaired) electrons. The Kier molecular flexibility index (Phi) is 4.78. The summed E-state index contributed by atoms with van der Waals surface area (Å²) in [5.74, 6) is 0.730. The molecule has 2 atom stereocenters. The average Bonchev–Trinajstić information content (AvgIpc) is 2.18. The first-order valence-electron chi connectivity index (χ1n) is 6.28. The fourth-order valence-electron chi connectivity index (χ4n) is 2.21. The molecular weight excluding hydrogens is 202 g/mol. The van der Waals surface area contributed by atoms with Crippen molar-refractivity contribution in [2.24, 2.45) is 11.3 Å². The third-order valence-corrected chi connectivity index (χ3v) is 3.89. The Morgan fingerprint density at radius 1 is 1.50 bits per heavy atom. The summed E-state index contributed by atoms with van der Waals surface area (Å²) in [5.41, 5.74) is 0.456. The summed E-state index contributed by atoms with van der Waals surface area (Å²) in [5, 5.41) is 2.75. The lowest BCUT2D eigenvalue weighted by atomic mass is 9.69. The van der Waals surface area contributed by atoms with Gasteiger partial charge >= 0.3 is 0 Å². The van der Waals surface area contributed by atoms with Crippen LogP contribution in [0.15, 0.2) is 0 Å². The van der Waals surface area contributed by atoms with Crippen molar-refractivity contribution in [1.82, 2.24) is 5.32 Å². The zero-order valence-corrected chi connectivity index (χ0v) is 11.0. The van der Waals surface area contributed by atoms with Gasteiger partial charge in [0.1, 0.15) is 0 Å². The van der Waals surface area contributed by atoms with Crippen molar-refractivity contribution in [3.8, 4) is 0 Å². The van der Waals surface area contributed by atoms with Gasteiger partial charge in [0.15, 0.2) is 0 Å². The number of ether oxygens (including phenoxy) is 1. The van der Waals surface area contributed by atoms with E-state index in [-0.39, 0.29) is 5.91 Å². The van der Waals surface area contributed by atoms with E-state index in [1.54, 1.807) is 0 Å². The lowest BCUT2D eigenvalue weighted by Gasteiger charge is -2.40. The fourth-order valence-corrected chi connectivity index (χ4v) is 2.21. The lowest BCUT2D eigenvalue weighted by molar-refractivity contribution is -0.119. The molecule has 3 nitrogen and oxygen atoms in total. The minimum atomic E-state index is 0.0155. The van der Waals surface area contributed by atoms with Crippen molar-refractivity contribution in [1.29, 1.82) is 0 Å². The van der Waals surface area contributed by atoms with Gasteiger partial charge in [-0.2, -0.15) is 0 Å². The number of rotatable bonds is 4. The molecule has 0 aromatic rings. The van der Waals surface area contributed by atoms with E-state index in [0.29, 0.717) is 30.6 Å². The summed E-state index contributed by atoms with van der Waals surface area (Å²) in [4.78, 5) is 10.7. The molecule has 1 fully saturated rings. The van der Waals surface area contributed by atoms with Crippen LogP contribution < -0.4 is 5.32 Å². The van der Waals surface area contributed by atoms with Crippen LogP contribution in [0.5, 0.6) is 0 Å². The van der Waals surface area contributed by atoms with Crippen molar-refractivity contribution < 1.29 is 9.53 Å². The Morgan fingerprint density at radius 2 is 2.19 bits per heavy atom. The number of nitrogens with one attached hydrogen (secondary N) is 1. The highest BCUT2D eigenvalue weighted by molar-refractivity contribution is 5.72. The summed E-state index contributed by atoms with van der Waals surface area (Å²) in [6, 6.07) is 0. The fraction of sp³-hybridized carbons (Fsp3) is 0.923. The second-order valence-corrected chi connectivity index (χ2v) is 5.64. The van der Waals surface area contributed by atoms with E-state index in [2.05, 4.69) is 26.1 Å². The number of hydrogen-bond donors (Lipinski definition) is 1. The predicted octanol–water partition coefficient (Wildman–Crippen LogP) is 2.35. The smallest absolute Gasteiger partial charge is 0.216 e. The molecule has 1 aliphatic rings. The molecule has 1 amide bonds. The van der Waals surface area contributed by atoms with Gasteiger partial charge in [0.25, 0.3) is 0 Å². The standard InChI is InChI=1S/C13H25NO2/c1-10-9-12(5-6-13(10,3)4)16-8-7-14-11(2)15/h10,12H,5-9H2,1-4H3,(H,14,15)/t10-,12-/m0/s1. The first kappa shape index (κ1) is 13.5. The van der Waals surface area contributed by atoms with Gasteiger partial charge in [-0.1, -0.05) is 20.8 Å². The highest BCUT2D eigenvalue weighted by atomic mass is 16.5. The maximum atomic E-state index is 10.7. The molecule has 0 aromatic carbocycles. The molecule has 0 aliphatic heterocycles. The SMILES string of the molecule is CC(=O)NCCO[C@H]1CCC(C)(C)[C@@H](C)C1. The van der Waals surface area contributed by atoms with Gasteiger partial charge in [0.2, 0.25) is 5.91 Å². The molecule has 3 heteroatoms. The summed E-state index contributed by atoms with van der Waals surface area (Å²) in [6.07, 6.45) is 3.92. The van der Waals surface area contributed by atoms with E-state index in [4.69, 9.17) is 4.74 Å². The van der Waals surface area contributed by atoms with Crippen LogP contribution in [0.3, 0.4) is 0 Å². The Hall–Kier alpha value is -0.570. The van der Waals surface area contributed by atoms with E-state index < -0.39 is 0 Å². The van der Waals surface area contributed by atoms with Crippen molar-refractivity contribution in [2.45, 2.75) is 53.1 Å². The predicted molar refractivity (Wildman–Crippen MR) is 65.2 cm³/mol. The van der Waals surface area contributed by atoms with Crippen molar-refractivity contribution in [2.75, 3.05) is 13.2 Å². The zero-order valence-electron chi connectivity index (χ0n) is 11.0. The molecule has 0 spiro atoms. The largest absolute Gasteiger partial charge is 0.376 e. The Labute approximate surface area is 98.9 Å². The Bertz CT molecular complexity index is 238. The lowest BCUT2D eigenvalue weighted by Crippen LogP contribution is -2.35. The van der Waals surface area contributed by atoms with Crippen molar-refractivity contribution in [3.05, 3.63) is 0 Å². The zero-order chi connectivity index (χ0) is 12.2. The summed E-state index contributed by atoms with van der Waals surface area (Å²) in [6.45, 7) is 9.78. The van der Waals surface area contributed by atoms with Gasteiger partial charge in [0.05, 0.1) is 12.7 Å². The topological polar surface area (TPSA) is 38.3 Å². The molecule has 1 N–H and O–H groups in total. The molecule has 94 valence electrons. The molecule has 0 unspecified atom stereocenters. The number of hydrogen-bond acceptors (Lipinski definition) is 2. The molecule has 1 aliphatic carbocycles. The molecule has 16 heavy (non-hydrogen) atoms. The van der Waals surface area contributed by atoms with E-state index in [1.807, 2.05) is 0 Å². The number of amides is 1. The number of carbonyl (C=O) groups is 1. The number of carbonyl (C=O) groups excluding carboxylic acids is 1. The quantitative estimate of drug-likeness (QED) is 0.749. The van der Waals surface area contributed by atoms with Gasteiger partial charge < -0.3 is 10.1 Å². The van der Waals surface area contributed by atoms with Gasteiger partial charge in [-0.05, 0) is 30.6 Å². The van der Waals surface area contributed by atoms with Gasteiger partial charge in [-0.3, -0.25) is 4.79 Å². The van der Waals surface area contributed by atoms with E-state index >= 15 is 0 Å². The molecular formula is C13H25NO2. The Morgan fingerprint density at radius 3 is 2.75 bits per heavy atom. The van der Waals surface area contributed by atoms with Crippen LogP contribution in [0.2, 0.25) is 0 Å². The highest BCUT2D eigenvalue weighted by Crippen LogP contribution is 2.40. The third-order valence-electron chi connectivity index (χ3n) is 3.89. The van der Waals surface area contributed by atoms with Gasteiger partial charge in [-0.25, -0.2) is 0 Å². The van der Waals surface area contributed by atoms with Crippen LogP contribution >= 0.6 is 0 Å². The highest BCUT2D eigenvalue weighted by Gasteiger charge is 2.33. The van der Waals surface area contributed by atoms with E-state index in [1.165, 1.54) is 13.3 Å². The second-order valence-electron chi connectivity index (χ2n) is 5.64. The minimum absolute atomic E-state index is 0.0155. The summed E-state index contributed by atoms with van der Waals surface area (Å²) >= 11 is 0. The second kappa shape index (κ2) is 5.67. The molecule has 1 rings (SSSR count). The summed E-state index contributed by atoms with van der Waals surface area (Å²) < 4.78 is 5.78. The maximum absolute atomic E-state index is 10.7. The van der Waals surface area contributed by atoms with Gasteiger partial charge in [0, 0.05) is 13.5 Å². The first-order chi connectivity index (χ1) is 7.42. The van der Waals surface area contributed by atoms with Crippen molar-refractivity contribution >= 4 is 5.91 Å². The van der Waals surface area contributed by atoms with E-state index in [9.17, 15) is 4.79 Å². The van der Waals surface area contributed by atoms with Crippen LogP contribution in [0.4, 0.5) is 0 Å². The minimum Gasteiger partial charge on any atom is -0.376 e. The molecule has 0 aromatic heterocycles. The normalized spacial score (nSPS) is 28.8. The molecule has 0 heterocycles. The first-order valence-corrected chi connectivity index (χ1v) is 6.28. The third kappa shape index (κ3) is 4.12. The van der Waals surface area contributed by atoms with Gasteiger partial charge in [-0.15, -0.1) is 0 Å². The Balaban J connectivity index is 2.18. The van der Waals surface area contributed by atoms with Crippen LogP contribution in [-0.4, -0.2) is 25.2 Å². The molecule has 1 saturated carbocycles. The van der Waals surface area contributed by atoms with Crippen LogP contribution in [0.25, 0.3) is 0 Å². The monoisotopic (exact) mass is 227 g/mol. The molecule has 0 bridgehead atoms. The van der Waals surface area contributed by atoms with E-state index in [0.717, 1.165) is 12.8 Å². The maximum Gasteiger partial charge on any atom is 0.216 e. The molecule has 0 saturated heterocycles. The van der Waals surface area contributed by atoms with Crippen molar-refractivity contribution in [3.63, 3.8) is 0 Å². The van der Waals surface area contributed by atoms with Crippen LogP contribution in [-0.2, 0) is 9.53 Å².